The smallest absolute Gasteiger partial charge is 0.187 e. The minimum absolute atomic E-state index is 0.144. The molecule has 0 spiro atoms. The number of allylic oxidation sites excluding steroid dienone is 1. The van der Waals surface area contributed by atoms with Crippen molar-refractivity contribution in [3.63, 3.8) is 0 Å². The van der Waals surface area contributed by atoms with Crippen molar-refractivity contribution in [2.45, 2.75) is 18.9 Å². The van der Waals surface area contributed by atoms with Crippen LogP contribution in [0.25, 0.3) is 0 Å². The van der Waals surface area contributed by atoms with Gasteiger partial charge in [0.1, 0.15) is 5.75 Å². The summed E-state index contributed by atoms with van der Waals surface area (Å²) < 4.78 is 1.46. The third-order valence-electron chi connectivity index (χ3n) is 4.02. The number of hydrazone groups is 1. The molecule has 1 aromatic carbocycles. The quantitative estimate of drug-likeness (QED) is 0.288. The summed E-state index contributed by atoms with van der Waals surface area (Å²) in [5, 5.41) is 17.9. The zero-order valence-electron chi connectivity index (χ0n) is 11.6. The fraction of sp³-hybridized carbons (Fsp3) is 0.333. The molecule has 2 bridgehead atoms. The molecular weight excluding hydrogens is 430 g/mol. The van der Waals surface area contributed by atoms with Gasteiger partial charge in [0.15, 0.2) is 5.11 Å². The first-order valence-corrected chi connectivity index (χ1v) is 8.98. The molecule has 2 aliphatic rings. The van der Waals surface area contributed by atoms with Crippen LogP contribution in [0.15, 0.2) is 38.3 Å². The van der Waals surface area contributed by atoms with Crippen molar-refractivity contribution in [2.24, 2.45) is 16.9 Å². The highest BCUT2D eigenvalue weighted by Gasteiger charge is 2.35. The monoisotopic (exact) mass is 443 g/mol. The SMILES string of the molecule is Oc1c(Br)cc(Br)cc1/C=N\NC(=S)N[C@H]1C[C@H]2C=C[C@H]1C2. The van der Waals surface area contributed by atoms with E-state index in [1.165, 1.54) is 6.42 Å². The summed E-state index contributed by atoms with van der Waals surface area (Å²) in [6.07, 6.45) is 8.47. The molecule has 0 aliphatic heterocycles. The molecule has 3 N–H and O–H groups in total. The van der Waals surface area contributed by atoms with Crippen LogP contribution in [0.5, 0.6) is 5.75 Å². The van der Waals surface area contributed by atoms with Gasteiger partial charge in [0.25, 0.3) is 0 Å². The van der Waals surface area contributed by atoms with Crippen molar-refractivity contribution < 1.29 is 5.11 Å². The first-order chi connectivity index (χ1) is 10.5. The molecule has 1 saturated carbocycles. The Morgan fingerprint density at radius 1 is 1.32 bits per heavy atom. The highest BCUT2D eigenvalue weighted by molar-refractivity contribution is 9.11. The second-order valence-corrected chi connectivity index (χ2v) is 7.73. The lowest BCUT2D eigenvalue weighted by atomic mass is 10.0. The number of hydrogen-bond acceptors (Lipinski definition) is 3. The van der Waals surface area contributed by atoms with Crippen LogP contribution < -0.4 is 10.7 Å². The Hall–Kier alpha value is -0.920. The lowest BCUT2D eigenvalue weighted by Crippen LogP contribution is -2.42. The van der Waals surface area contributed by atoms with Crippen molar-refractivity contribution in [1.29, 1.82) is 0 Å². The third kappa shape index (κ3) is 3.52. The molecule has 22 heavy (non-hydrogen) atoms. The Balaban J connectivity index is 1.56. The molecule has 1 fully saturated rings. The maximum Gasteiger partial charge on any atom is 0.187 e. The number of benzene rings is 1. The van der Waals surface area contributed by atoms with Crippen molar-refractivity contribution in [3.8, 4) is 5.75 Å². The van der Waals surface area contributed by atoms with Crippen LogP contribution in [0.3, 0.4) is 0 Å². The summed E-state index contributed by atoms with van der Waals surface area (Å²) in [6.45, 7) is 0. The standard InChI is InChI=1S/C15H15Br2N3OS/c16-11-5-10(14(21)12(17)6-11)7-18-20-15(22)19-13-4-8-1-2-9(13)3-8/h1-2,5-9,13,21H,3-4H2,(H2,19,20,22)/b18-7-/t8-,9-,13-/m0/s1. The molecule has 0 radical (unpaired) electrons. The average Bonchev–Trinajstić information content (AvgIpc) is 3.06. The summed E-state index contributed by atoms with van der Waals surface area (Å²) in [5.41, 5.74) is 3.40. The van der Waals surface area contributed by atoms with Gasteiger partial charge in [0.2, 0.25) is 0 Å². The van der Waals surface area contributed by atoms with E-state index in [2.05, 4.69) is 59.9 Å². The van der Waals surface area contributed by atoms with E-state index in [1.807, 2.05) is 0 Å². The van der Waals surface area contributed by atoms with Crippen LogP contribution in [-0.4, -0.2) is 22.5 Å². The fourth-order valence-corrected chi connectivity index (χ4v) is 4.45. The van der Waals surface area contributed by atoms with E-state index in [0.717, 1.165) is 10.9 Å². The topological polar surface area (TPSA) is 56.7 Å². The number of hydrogen-bond donors (Lipinski definition) is 3. The zero-order chi connectivity index (χ0) is 15.7. The van der Waals surface area contributed by atoms with Crippen LogP contribution in [0.1, 0.15) is 18.4 Å². The Morgan fingerprint density at radius 2 is 2.14 bits per heavy atom. The molecule has 0 amide bonds. The highest BCUT2D eigenvalue weighted by Crippen LogP contribution is 2.38. The number of halogens is 2. The number of rotatable bonds is 3. The largest absolute Gasteiger partial charge is 0.506 e. The number of nitrogens with one attached hydrogen (secondary N) is 2. The van der Waals surface area contributed by atoms with Gasteiger partial charge >= 0.3 is 0 Å². The van der Waals surface area contributed by atoms with Crippen molar-refractivity contribution in [1.82, 2.24) is 10.7 Å². The maximum atomic E-state index is 9.95. The van der Waals surface area contributed by atoms with Gasteiger partial charge in [-0.2, -0.15) is 5.10 Å². The van der Waals surface area contributed by atoms with Gasteiger partial charge in [-0.25, -0.2) is 0 Å². The van der Waals surface area contributed by atoms with Gasteiger partial charge in [0.05, 0.1) is 10.7 Å². The van der Waals surface area contributed by atoms with E-state index in [9.17, 15) is 5.11 Å². The molecule has 3 rings (SSSR count). The number of fused-ring (bicyclic) bond motifs is 2. The third-order valence-corrected chi connectivity index (χ3v) is 5.29. The Labute approximate surface area is 151 Å². The van der Waals surface area contributed by atoms with Crippen LogP contribution >= 0.6 is 44.1 Å². The maximum absolute atomic E-state index is 9.95. The highest BCUT2D eigenvalue weighted by atomic mass is 79.9. The molecular formula is C15H15Br2N3OS. The number of nitrogens with zero attached hydrogens (tertiary/aromatic N) is 1. The molecule has 2 aliphatic carbocycles. The lowest BCUT2D eigenvalue weighted by molar-refractivity contribution is 0.471. The number of aromatic hydroxyl groups is 1. The van der Waals surface area contributed by atoms with E-state index in [4.69, 9.17) is 12.2 Å². The normalized spacial score (nSPS) is 25.8. The molecule has 4 nitrogen and oxygen atoms in total. The van der Waals surface area contributed by atoms with Gasteiger partial charge in [-0.3, -0.25) is 5.43 Å². The molecule has 0 unspecified atom stereocenters. The first kappa shape index (κ1) is 16.0. The van der Waals surface area contributed by atoms with E-state index in [-0.39, 0.29) is 5.75 Å². The number of thiocarbonyl (C=S) groups is 1. The summed E-state index contributed by atoms with van der Waals surface area (Å²) in [4.78, 5) is 0. The Bertz CT molecular complexity index is 662. The van der Waals surface area contributed by atoms with Crippen LogP contribution in [-0.2, 0) is 0 Å². The molecule has 0 saturated heterocycles. The summed E-state index contributed by atoms with van der Waals surface area (Å²) in [6, 6.07) is 3.95. The second-order valence-electron chi connectivity index (χ2n) is 5.56. The predicted octanol–water partition coefficient (Wildman–Crippen LogP) is 3.68. The van der Waals surface area contributed by atoms with E-state index in [1.54, 1.807) is 18.3 Å². The van der Waals surface area contributed by atoms with Gasteiger partial charge in [-0.1, -0.05) is 28.1 Å². The van der Waals surface area contributed by atoms with Gasteiger partial charge in [-0.05, 0) is 65.0 Å². The van der Waals surface area contributed by atoms with Crippen LogP contribution in [0, 0.1) is 11.8 Å². The van der Waals surface area contributed by atoms with E-state index >= 15 is 0 Å². The second kappa shape index (κ2) is 6.68. The van der Waals surface area contributed by atoms with Crippen LogP contribution in [0.4, 0.5) is 0 Å². The minimum Gasteiger partial charge on any atom is -0.506 e. The Kier molecular flexibility index (Phi) is 4.84. The molecule has 3 atom stereocenters. The minimum atomic E-state index is 0.144. The molecule has 0 heterocycles. The van der Waals surface area contributed by atoms with Crippen LogP contribution in [0.2, 0.25) is 0 Å². The van der Waals surface area contributed by atoms with E-state index in [0.29, 0.717) is 33.0 Å². The molecule has 116 valence electrons. The Morgan fingerprint density at radius 3 is 2.82 bits per heavy atom. The summed E-state index contributed by atoms with van der Waals surface area (Å²) in [5.74, 6) is 1.43. The van der Waals surface area contributed by atoms with Gasteiger partial charge in [-0.15, -0.1) is 0 Å². The van der Waals surface area contributed by atoms with Gasteiger partial charge < -0.3 is 10.4 Å². The van der Waals surface area contributed by atoms with Crippen molar-refractivity contribution >= 4 is 55.4 Å². The lowest BCUT2D eigenvalue weighted by Gasteiger charge is -2.20. The number of phenols is 1. The summed E-state index contributed by atoms with van der Waals surface area (Å²) in [7, 11) is 0. The van der Waals surface area contributed by atoms with Crippen molar-refractivity contribution in [2.75, 3.05) is 0 Å². The molecule has 1 aromatic rings. The average molecular weight is 445 g/mol. The first-order valence-electron chi connectivity index (χ1n) is 6.99. The zero-order valence-corrected chi connectivity index (χ0v) is 15.6. The predicted molar refractivity (Wildman–Crippen MR) is 99.1 cm³/mol. The number of phenolic OH excluding ortho intramolecular Hbond substituents is 1. The summed E-state index contributed by atoms with van der Waals surface area (Å²) >= 11 is 11.9. The van der Waals surface area contributed by atoms with Crippen molar-refractivity contribution in [3.05, 3.63) is 38.8 Å². The van der Waals surface area contributed by atoms with Gasteiger partial charge in [0, 0.05) is 16.1 Å². The molecule has 7 heteroatoms. The van der Waals surface area contributed by atoms with E-state index < -0.39 is 0 Å². The molecule has 0 aromatic heterocycles. The fourth-order valence-electron chi connectivity index (χ4n) is 2.99.